The molecule has 0 bridgehead atoms. The third-order valence-corrected chi connectivity index (χ3v) is 3.47. The molecule has 1 unspecified atom stereocenters. The van der Waals surface area contributed by atoms with E-state index in [0.717, 1.165) is 0 Å². The molecule has 1 aromatic rings. The molecule has 120 valence electrons. The number of benzene rings is 1. The molecule has 0 spiro atoms. The standard InChI is InChI=1S/C16H21FN2O3/c1-16(2,3)19-9-12(8-15(19)21)18-14(20)10-22-13-6-4-5-11(17)7-13/h4-7,12H,8-10H2,1-3H3,(H,18,20). The maximum Gasteiger partial charge on any atom is 0.258 e. The molecule has 1 aliphatic rings. The summed E-state index contributed by atoms with van der Waals surface area (Å²) in [7, 11) is 0. The van der Waals surface area contributed by atoms with Gasteiger partial charge in [0, 0.05) is 24.6 Å². The summed E-state index contributed by atoms with van der Waals surface area (Å²) in [5, 5.41) is 2.78. The summed E-state index contributed by atoms with van der Waals surface area (Å²) >= 11 is 0. The lowest BCUT2D eigenvalue weighted by atomic mass is 10.1. The van der Waals surface area contributed by atoms with Crippen LogP contribution in [0.5, 0.6) is 5.75 Å². The molecule has 1 saturated heterocycles. The lowest BCUT2D eigenvalue weighted by molar-refractivity contribution is -0.131. The van der Waals surface area contributed by atoms with E-state index in [2.05, 4.69) is 5.32 Å². The number of halogens is 1. The molecule has 0 radical (unpaired) electrons. The van der Waals surface area contributed by atoms with Crippen LogP contribution in [0.2, 0.25) is 0 Å². The van der Waals surface area contributed by atoms with Gasteiger partial charge in [-0.3, -0.25) is 9.59 Å². The molecule has 0 saturated carbocycles. The fourth-order valence-corrected chi connectivity index (χ4v) is 2.43. The van der Waals surface area contributed by atoms with Crippen molar-refractivity contribution in [2.75, 3.05) is 13.2 Å². The van der Waals surface area contributed by atoms with Crippen LogP contribution in [0.25, 0.3) is 0 Å². The van der Waals surface area contributed by atoms with E-state index in [9.17, 15) is 14.0 Å². The van der Waals surface area contributed by atoms with Crippen molar-refractivity contribution in [1.29, 1.82) is 0 Å². The number of likely N-dealkylation sites (tertiary alicyclic amines) is 1. The van der Waals surface area contributed by atoms with Crippen molar-refractivity contribution in [3.63, 3.8) is 0 Å². The Hall–Kier alpha value is -2.11. The van der Waals surface area contributed by atoms with Crippen LogP contribution in [0.3, 0.4) is 0 Å². The molecule has 1 aromatic carbocycles. The van der Waals surface area contributed by atoms with Crippen LogP contribution in [0.15, 0.2) is 24.3 Å². The predicted octanol–water partition coefficient (Wildman–Crippen LogP) is 1.72. The zero-order valence-electron chi connectivity index (χ0n) is 13.1. The van der Waals surface area contributed by atoms with Crippen molar-refractivity contribution >= 4 is 11.8 Å². The van der Waals surface area contributed by atoms with E-state index in [4.69, 9.17) is 4.74 Å². The average molecular weight is 308 g/mol. The van der Waals surface area contributed by atoms with E-state index in [1.165, 1.54) is 18.2 Å². The second-order valence-electron chi connectivity index (χ2n) is 6.39. The highest BCUT2D eigenvalue weighted by Gasteiger charge is 2.36. The van der Waals surface area contributed by atoms with Gasteiger partial charge in [0.1, 0.15) is 11.6 Å². The number of hydrogen-bond acceptors (Lipinski definition) is 3. The number of carbonyl (C=O) groups is 2. The van der Waals surface area contributed by atoms with Gasteiger partial charge in [0.15, 0.2) is 6.61 Å². The van der Waals surface area contributed by atoms with Crippen molar-refractivity contribution in [2.45, 2.75) is 38.8 Å². The van der Waals surface area contributed by atoms with Crippen molar-refractivity contribution in [3.8, 4) is 5.75 Å². The Bertz CT molecular complexity index is 569. The van der Waals surface area contributed by atoms with Gasteiger partial charge in [-0.1, -0.05) is 6.07 Å². The zero-order valence-corrected chi connectivity index (χ0v) is 13.1. The lowest BCUT2D eigenvalue weighted by Gasteiger charge is -2.32. The van der Waals surface area contributed by atoms with Crippen LogP contribution in [0.4, 0.5) is 4.39 Å². The van der Waals surface area contributed by atoms with Crippen LogP contribution >= 0.6 is 0 Å². The topological polar surface area (TPSA) is 58.6 Å². The number of nitrogens with one attached hydrogen (secondary N) is 1. The summed E-state index contributed by atoms with van der Waals surface area (Å²) < 4.78 is 18.2. The number of carbonyl (C=O) groups excluding carboxylic acids is 2. The quantitative estimate of drug-likeness (QED) is 0.921. The van der Waals surface area contributed by atoms with Gasteiger partial charge in [-0.05, 0) is 32.9 Å². The average Bonchev–Trinajstić information content (AvgIpc) is 2.77. The molecule has 6 heteroatoms. The van der Waals surface area contributed by atoms with E-state index in [1.54, 1.807) is 11.0 Å². The molecule has 5 nitrogen and oxygen atoms in total. The first-order valence-electron chi connectivity index (χ1n) is 7.24. The van der Waals surface area contributed by atoms with E-state index in [0.29, 0.717) is 18.7 Å². The lowest BCUT2D eigenvalue weighted by Crippen LogP contribution is -2.45. The van der Waals surface area contributed by atoms with Gasteiger partial charge in [-0.25, -0.2) is 4.39 Å². The Kier molecular flexibility index (Phi) is 4.68. The molecule has 1 heterocycles. The normalized spacial score (nSPS) is 18.5. The van der Waals surface area contributed by atoms with E-state index in [1.807, 2.05) is 20.8 Å². The number of amides is 2. The number of rotatable bonds is 4. The summed E-state index contributed by atoms with van der Waals surface area (Å²) in [6, 6.07) is 5.40. The van der Waals surface area contributed by atoms with Gasteiger partial charge in [-0.2, -0.15) is 0 Å². The predicted molar refractivity (Wildman–Crippen MR) is 79.9 cm³/mol. The third kappa shape index (κ3) is 4.19. The van der Waals surface area contributed by atoms with E-state index < -0.39 is 5.82 Å². The summed E-state index contributed by atoms with van der Waals surface area (Å²) in [4.78, 5) is 25.5. The monoisotopic (exact) mass is 308 g/mol. The van der Waals surface area contributed by atoms with E-state index in [-0.39, 0.29) is 30.0 Å². The molecule has 22 heavy (non-hydrogen) atoms. The molecule has 0 aromatic heterocycles. The summed E-state index contributed by atoms with van der Waals surface area (Å²) in [5.74, 6) is -0.407. The van der Waals surface area contributed by atoms with Crippen molar-refractivity contribution in [2.24, 2.45) is 0 Å². The van der Waals surface area contributed by atoms with Crippen LogP contribution in [0.1, 0.15) is 27.2 Å². The Morgan fingerprint density at radius 3 is 2.77 bits per heavy atom. The summed E-state index contributed by atoms with van der Waals surface area (Å²) in [6.07, 6.45) is 0.295. The Morgan fingerprint density at radius 2 is 2.18 bits per heavy atom. The molecule has 0 aliphatic carbocycles. The van der Waals surface area contributed by atoms with Gasteiger partial charge in [0.2, 0.25) is 5.91 Å². The summed E-state index contributed by atoms with van der Waals surface area (Å²) in [6.45, 7) is 6.17. The molecule has 1 atom stereocenters. The minimum atomic E-state index is -0.417. The first kappa shape index (κ1) is 16.3. The van der Waals surface area contributed by atoms with Gasteiger partial charge in [0.05, 0.1) is 6.04 Å². The van der Waals surface area contributed by atoms with Gasteiger partial charge < -0.3 is 15.0 Å². The van der Waals surface area contributed by atoms with Crippen molar-refractivity contribution in [3.05, 3.63) is 30.1 Å². The van der Waals surface area contributed by atoms with Crippen molar-refractivity contribution < 1.29 is 18.7 Å². The van der Waals surface area contributed by atoms with Gasteiger partial charge >= 0.3 is 0 Å². The molecule has 1 fully saturated rings. The number of hydrogen-bond donors (Lipinski definition) is 1. The highest BCUT2D eigenvalue weighted by Crippen LogP contribution is 2.21. The van der Waals surface area contributed by atoms with Crippen LogP contribution in [0, 0.1) is 5.82 Å². The Morgan fingerprint density at radius 1 is 1.45 bits per heavy atom. The Balaban J connectivity index is 1.82. The first-order chi connectivity index (χ1) is 10.3. The maximum atomic E-state index is 13.0. The molecular weight excluding hydrogens is 287 g/mol. The summed E-state index contributed by atoms with van der Waals surface area (Å²) in [5.41, 5.74) is -0.255. The molecule has 2 rings (SSSR count). The number of nitrogens with zero attached hydrogens (tertiary/aromatic N) is 1. The molecule has 1 N–H and O–H groups in total. The minimum Gasteiger partial charge on any atom is -0.484 e. The van der Waals surface area contributed by atoms with Crippen molar-refractivity contribution in [1.82, 2.24) is 10.2 Å². The third-order valence-electron chi connectivity index (χ3n) is 3.47. The van der Waals surface area contributed by atoms with Gasteiger partial charge in [-0.15, -0.1) is 0 Å². The second-order valence-corrected chi connectivity index (χ2v) is 6.39. The molecule has 2 amide bonds. The molecule has 1 aliphatic heterocycles. The fourth-order valence-electron chi connectivity index (χ4n) is 2.43. The fraction of sp³-hybridized carbons (Fsp3) is 0.500. The highest BCUT2D eigenvalue weighted by molar-refractivity contribution is 5.83. The first-order valence-corrected chi connectivity index (χ1v) is 7.24. The maximum absolute atomic E-state index is 13.0. The smallest absolute Gasteiger partial charge is 0.258 e. The van der Waals surface area contributed by atoms with Crippen LogP contribution in [-0.2, 0) is 9.59 Å². The minimum absolute atomic E-state index is 0.0313. The zero-order chi connectivity index (χ0) is 16.3. The Labute approximate surface area is 129 Å². The molecular formula is C16H21FN2O3. The largest absolute Gasteiger partial charge is 0.484 e. The highest BCUT2D eigenvalue weighted by atomic mass is 19.1. The number of ether oxygens (including phenoxy) is 1. The van der Waals surface area contributed by atoms with E-state index >= 15 is 0 Å². The second kappa shape index (κ2) is 6.34. The SMILES string of the molecule is CC(C)(C)N1CC(NC(=O)COc2cccc(F)c2)CC1=O. The van der Waals surface area contributed by atoms with Crippen LogP contribution in [-0.4, -0.2) is 41.4 Å². The van der Waals surface area contributed by atoms with Gasteiger partial charge in [0.25, 0.3) is 5.91 Å². The van der Waals surface area contributed by atoms with Crippen LogP contribution < -0.4 is 10.1 Å².